The molecule has 0 N–H and O–H groups in total. The molecule has 0 saturated carbocycles. The highest BCUT2D eigenvalue weighted by Gasteiger charge is 2.13. The maximum atomic E-state index is 12.2. The zero-order valence-corrected chi connectivity index (χ0v) is 14.5. The van der Waals surface area contributed by atoms with Crippen molar-refractivity contribution >= 4 is 17.6 Å². The molecule has 0 aliphatic carbocycles. The lowest BCUT2D eigenvalue weighted by Gasteiger charge is -2.10. The van der Waals surface area contributed by atoms with E-state index in [0.717, 1.165) is 5.56 Å². The van der Waals surface area contributed by atoms with Crippen molar-refractivity contribution in [1.29, 1.82) is 5.26 Å². The van der Waals surface area contributed by atoms with E-state index in [9.17, 15) is 10.1 Å². The van der Waals surface area contributed by atoms with Crippen LogP contribution in [0.4, 0.5) is 0 Å². The van der Waals surface area contributed by atoms with E-state index in [1.165, 1.54) is 19.5 Å². The van der Waals surface area contributed by atoms with E-state index in [2.05, 4.69) is 16.0 Å². The number of aromatic nitrogens is 2. The number of rotatable bonds is 5. The van der Waals surface area contributed by atoms with E-state index in [1.54, 1.807) is 54.7 Å². The first-order chi connectivity index (χ1) is 13.2. The van der Waals surface area contributed by atoms with Gasteiger partial charge in [0, 0.05) is 18.6 Å². The number of hydrogen-bond acceptors (Lipinski definition) is 6. The third-order valence-corrected chi connectivity index (χ3v) is 3.68. The zero-order chi connectivity index (χ0) is 19.1. The fraction of sp³-hybridized carbons (Fsp3) is 0.0476. The van der Waals surface area contributed by atoms with Crippen LogP contribution in [0.2, 0.25) is 0 Å². The number of esters is 1. The Labute approximate surface area is 156 Å². The number of nitrogens with zero attached hydrogens (tertiary/aromatic N) is 3. The SMILES string of the molecule is COc1cc(/C=C(\C#N)c2ccccn2)ccc1OC(=O)c1ccncc1. The summed E-state index contributed by atoms with van der Waals surface area (Å²) >= 11 is 0. The minimum Gasteiger partial charge on any atom is -0.493 e. The maximum Gasteiger partial charge on any atom is 0.343 e. The molecule has 0 atom stereocenters. The summed E-state index contributed by atoms with van der Waals surface area (Å²) in [5.41, 5.74) is 2.10. The van der Waals surface area contributed by atoms with Crippen LogP contribution in [0, 0.1) is 11.3 Å². The Balaban J connectivity index is 1.87. The quantitative estimate of drug-likeness (QED) is 0.392. The number of nitriles is 1. The van der Waals surface area contributed by atoms with Gasteiger partial charge in [0.1, 0.15) is 6.07 Å². The first-order valence-corrected chi connectivity index (χ1v) is 8.04. The molecular weight excluding hydrogens is 342 g/mol. The van der Waals surface area contributed by atoms with Crippen LogP contribution in [-0.4, -0.2) is 23.0 Å². The second kappa shape index (κ2) is 8.41. The molecule has 6 nitrogen and oxygen atoms in total. The molecule has 0 amide bonds. The van der Waals surface area contributed by atoms with Crippen molar-refractivity contribution < 1.29 is 14.3 Å². The lowest BCUT2D eigenvalue weighted by Crippen LogP contribution is -2.09. The topological polar surface area (TPSA) is 85.1 Å². The number of pyridine rings is 2. The van der Waals surface area contributed by atoms with Gasteiger partial charge in [0.25, 0.3) is 0 Å². The van der Waals surface area contributed by atoms with Gasteiger partial charge in [0.2, 0.25) is 0 Å². The van der Waals surface area contributed by atoms with Gasteiger partial charge < -0.3 is 9.47 Å². The Kier molecular flexibility index (Phi) is 5.55. The second-order valence-electron chi connectivity index (χ2n) is 5.42. The number of hydrogen-bond donors (Lipinski definition) is 0. The Hall–Kier alpha value is -3.98. The van der Waals surface area contributed by atoms with Gasteiger partial charge in [-0.25, -0.2) is 4.79 Å². The number of benzene rings is 1. The minimum atomic E-state index is -0.509. The summed E-state index contributed by atoms with van der Waals surface area (Å²) in [4.78, 5) is 20.3. The minimum absolute atomic E-state index is 0.285. The summed E-state index contributed by atoms with van der Waals surface area (Å²) in [7, 11) is 1.48. The van der Waals surface area contributed by atoms with Gasteiger partial charge in [-0.1, -0.05) is 12.1 Å². The Morgan fingerprint density at radius 2 is 1.89 bits per heavy atom. The highest BCUT2D eigenvalue weighted by Crippen LogP contribution is 2.30. The van der Waals surface area contributed by atoms with Crippen molar-refractivity contribution in [3.05, 3.63) is 83.9 Å². The van der Waals surface area contributed by atoms with Crippen molar-refractivity contribution in [1.82, 2.24) is 9.97 Å². The van der Waals surface area contributed by atoms with Crippen LogP contribution in [0.1, 0.15) is 21.6 Å². The van der Waals surface area contributed by atoms with Crippen molar-refractivity contribution in [3.63, 3.8) is 0 Å². The van der Waals surface area contributed by atoms with Gasteiger partial charge >= 0.3 is 5.97 Å². The van der Waals surface area contributed by atoms with Crippen LogP contribution in [0.25, 0.3) is 11.6 Å². The summed E-state index contributed by atoms with van der Waals surface area (Å²) in [6.07, 6.45) is 6.35. The molecule has 1 aromatic carbocycles. The average Bonchev–Trinajstić information content (AvgIpc) is 2.74. The molecule has 0 fully saturated rings. The second-order valence-corrected chi connectivity index (χ2v) is 5.42. The molecule has 6 heteroatoms. The molecule has 132 valence electrons. The van der Waals surface area contributed by atoms with Crippen LogP contribution >= 0.6 is 0 Å². The van der Waals surface area contributed by atoms with Crippen LogP contribution in [0.15, 0.2) is 67.1 Å². The van der Waals surface area contributed by atoms with Crippen molar-refractivity contribution in [2.45, 2.75) is 0 Å². The summed E-state index contributed by atoms with van der Waals surface area (Å²) in [6.45, 7) is 0. The molecule has 2 aromatic heterocycles. The predicted molar refractivity (Wildman–Crippen MR) is 99.9 cm³/mol. The van der Waals surface area contributed by atoms with Gasteiger partial charge in [-0.15, -0.1) is 0 Å². The third kappa shape index (κ3) is 4.35. The van der Waals surface area contributed by atoms with E-state index in [4.69, 9.17) is 9.47 Å². The number of allylic oxidation sites excluding steroid dienone is 1. The Morgan fingerprint density at radius 1 is 1.07 bits per heavy atom. The van der Waals surface area contributed by atoms with Gasteiger partial charge in [-0.2, -0.15) is 5.26 Å². The fourth-order valence-electron chi connectivity index (χ4n) is 2.36. The van der Waals surface area contributed by atoms with E-state index in [-0.39, 0.29) is 5.75 Å². The van der Waals surface area contributed by atoms with Crippen LogP contribution in [0.5, 0.6) is 11.5 Å². The van der Waals surface area contributed by atoms with Gasteiger partial charge in [0.15, 0.2) is 11.5 Å². The van der Waals surface area contributed by atoms with Crippen molar-refractivity contribution in [3.8, 4) is 17.6 Å². The molecule has 2 heterocycles. The number of carbonyl (C=O) groups is 1. The molecule has 0 spiro atoms. The number of carbonyl (C=O) groups excluding carboxylic acids is 1. The van der Waals surface area contributed by atoms with Crippen LogP contribution in [-0.2, 0) is 0 Å². The third-order valence-electron chi connectivity index (χ3n) is 3.68. The highest BCUT2D eigenvalue weighted by atomic mass is 16.6. The highest BCUT2D eigenvalue weighted by molar-refractivity contribution is 5.91. The molecule has 3 aromatic rings. The zero-order valence-electron chi connectivity index (χ0n) is 14.5. The molecule has 27 heavy (non-hydrogen) atoms. The fourth-order valence-corrected chi connectivity index (χ4v) is 2.36. The van der Waals surface area contributed by atoms with Crippen molar-refractivity contribution in [2.75, 3.05) is 7.11 Å². The lowest BCUT2D eigenvalue weighted by molar-refractivity contribution is 0.0729. The van der Waals surface area contributed by atoms with E-state index < -0.39 is 5.97 Å². The van der Waals surface area contributed by atoms with Crippen LogP contribution in [0.3, 0.4) is 0 Å². The molecule has 0 unspecified atom stereocenters. The summed E-state index contributed by atoms with van der Waals surface area (Å²) in [6, 6.07) is 15.7. The van der Waals surface area contributed by atoms with Crippen LogP contribution < -0.4 is 9.47 Å². The molecule has 0 saturated heterocycles. The van der Waals surface area contributed by atoms with E-state index in [1.807, 2.05) is 6.07 Å². The van der Waals surface area contributed by atoms with E-state index in [0.29, 0.717) is 22.6 Å². The standard InChI is InChI=1S/C21H15N3O3/c1-26-20-13-15(12-17(14-22)18-4-2-3-9-24-18)5-6-19(20)27-21(25)16-7-10-23-11-8-16/h2-13H,1H3/b17-12+. The first kappa shape index (κ1) is 17.8. The number of methoxy groups -OCH3 is 1. The summed E-state index contributed by atoms with van der Waals surface area (Å²) in [5, 5.41) is 9.40. The molecule has 0 aliphatic heterocycles. The van der Waals surface area contributed by atoms with Gasteiger partial charge in [-0.05, 0) is 48.0 Å². The number of ether oxygens (including phenoxy) is 2. The largest absolute Gasteiger partial charge is 0.493 e. The summed E-state index contributed by atoms with van der Waals surface area (Å²) < 4.78 is 10.7. The first-order valence-electron chi connectivity index (χ1n) is 8.04. The molecule has 0 radical (unpaired) electrons. The lowest BCUT2D eigenvalue weighted by atomic mass is 10.1. The Bertz CT molecular complexity index is 1010. The molecule has 0 aliphatic rings. The predicted octanol–water partition coefficient (Wildman–Crippen LogP) is 3.77. The summed E-state index contributed by atoms with van der Waals surface area (Å²) in [5.74, 6) is 0.155. The Morgan fingerprint density at radius 3 is 2.56 bits per heavy atom. The monoisotopic (exact) mass is 357 g/mol. The van der Waals surface area contributed by atoms with Gasteiger partial charge in [0.05, 0.1) is 23.9 Å². The maximum absolute atomic E-state index is 12.2. The molecular formula is C21H15N3O3. The smallest absolute Gasteiger partial charge is 0.343 e. The van der Waals surface area contributed by atoms with E-state index >= 15 is 0 Å². The molecule has 0 bridgehead atoms. The normalized spacial score (nSPS) is 10.7. The van der Waals surface area contributed by atoms with Gasteiger partial charge in [-0.3, -0.25) is 9.97 Å². The van der Waals surface area contributed by atoms with Crippen molar-refractivity contribution in [2.24, 2.45) is 0 Å². The average molecular weight is 357 g/mol. The molecule has 3 rings (SSSR count).